The number of thiophene rings is 1. The summed E-state index contributed by atoms with van der Waals surface area (Å²) in [5.41, 5.74) is 7.11. The number of amidine groups is 1. The van der Waals surface area contributed by atoms with Gasteiger partial charge in [-0.2, -0.15) is 5.10 Å². The van der Waals surface area contributed by atoms with Gasteiger partial charge in [0.2, 0.25) is 0 Å². The zero-order valence-electron chi connectivity index (χ0n) is 9.41. The number of nitrogens with two attached hydrogens (primary N) is 1. The van der Waals surface area contributed by atoms with Gasteiger partial charge in [-0.25, -0.2) is 0 Å². The average Bonchev–Trinajstić information content (AvgIpc) is 2.88. The highest BCUT2D eigenvalue weighted by Crippen LogP contribution is 2.34. The number of hydrogen-bond donors (Lipinski definition) is 2. The Morgan fingerprint density at radius 2 is 2.41 bits per heavy atom. The summed E-state index contributed by atoms with van der Waals surface area (Å²) in [5, 5.41) is 19.0. The Labute approximate surface area is 107 Å². The van der Waals surface area contributed by atoms with E-state index in [1.165, 1.54) is 0 Å². The highest BCUT2D eigenvalue weighted by Gasteiger charge is 2.18. The second-order valence-electron chi connectivity index (χ2n) is 3.41. The van der Waals surface area contributed by atoms with Crippen molar-refractivity contribution < 1.29 is 5.21 Å². The largest absolute Gasteiger partial charge is 0.409 e. The van der Waals surface area contributed by atoms with Crippen molar-refractivity contribution in [2.45, 2.75) is 16.2 Å². The summed E-state index contributed by atoms with van der Waals surface area (Å²) in [6.07, 6.45) is 0. The third-order valence-electron chi connectivity index (χ3n) is 2.23. The van der Waals surface area contributed by atoms with Crippen LogP contribution in [0, 0.1) is 6.92 Å². The van der Waals surface area contributed by atoms with Crippen LogP contribution < -0.4 is 5.73 Å². The summed E-state index contributed by atoms with van der Waals surface area (Å²) in [7, 11) is 1.84. The van der Waals surface area contributed by atoms with Crippen molar-refractivity contribution in [3.05, 3.63) is 28.8 Å². The smallest absolute Gasteiger partial charge is 0.174 e. The van der Waals surface area contributed by atoms with E-state index in [-0.39, 0.29) is 5.84 Å². The Hall–Kier alpha value is -1.47. The van der Waals surface area contributed by atoms with E-state index in [0.29, 0.717) is 5.56 Å². The molecule has 2 aromatic heterocycles. The van der Waals surface area contributed by atoms with Gasteiger partial charge in [0.1, 0.15) is 5.03 Å². The molecule has 0 aliphatic heterocycles. The highest BCUT2D eigenvalue weighted by molar-refractivity contribution is 8.01. The Morgan fingerprint density at radius 1 is 1.65 bits per heavy atom. The molecule has 3 N–H and O–H groups in total. The quantitative estimate of drug-likeness (QED) is 0.386. The standard InChI is InChI=1S/C10H12N4OS2/c1-6-8(9(11)13-15)10(14(2)12-6)17-7-4-3-5-16-7/h3-5,15H,1-2H3,(H2,11,13). The fourth-order valence-corrected chi connectivity index (χ4v) is 3.42. The maximum absolute atomic E-state index is 8.79. The number of rotatable bonds is 3. The molecule has 0 spiro atoms. The molecule has 2 heterocycles. The number of aryl methyl sites for hydroxylation is 2. The molecular formula is C10H12N4OS2. The van der Waals surface area contributed by atoms with Gasteiger partial charge in [0.05, 0.1) is 15.5 Å². The number of hydrogen-bond acceptors (Lipinski definition) is 5. The van der Waals surface area contributed by atoms with Crippen molar-refractivity contribution in [1.29, 1.82) is 0 Å². The third-order valence-corrected chi connectivity index (χ3v) is 4.43. The number of aromatic nitrogens is 2. The number of oxime groups is 1. The summed E-state index contributed by atoms with van der Waals surface area (Å²) in [6.45, 7) is 1.84. The van der Waals surface area contributed by atoms with Gasteiger partial charge in [0.25, 0.3) is 0 Å². The molecule has 0 saturated carbocycles. The molecule has 17 heavy (non-hydrogen) atoms. The van der Waals surface area contributed by atoms with Crippen LogP contribution in [0.5, 0.6) is 0 Å². The fraction of sp³-hybridized carbons (Fsp3) is 0.200. The average molecular weight is 268 g/mol. The van der Waals surface area contributed by atoms with E-state index in [1.54, 1.807) is 27.8 Å². The van der Waals surface area contributed by atoms with Crippen LogP contribution in [0.1, 0.15) is 11.3 Å². The first-order valence-corrected chi connectivity index (χ1v) is 6.56. The van der Waals surface area contributed by atoms with Gasteiger partial charge in [-0.05, 0) is 18.4 Å². The van der Waals surface area contributed by atoms with Gasteiger partial charge >= 0.3 is 0 Å². The molecule has 0 radical (unpaired) electrons. The van der Waals surface area contributed by atoms with E-state index in [4.69, 9.17) is 10.9 Å². The first kappa shape index (κ1) is 12.0. The van der Waals surface area contributed by atoms with Crippen molar-refractivity contribution in [1.82, 2.24) is 9.78 Å². The third kappa shape index (κ3) is 2.29. The Morgan fingerprint density at radius 3 is 3.00 bits per heavy atom. The van der Waals surface area contributed by atoms with Crippen LogP contribution in [0.2, 0.25) is 0 Å². The van der Waals surface area contributed by atoms with Crippen molar-refractivity contribution >= 4 is 28.9 Å². The van der Waals surface area contributed by atoms with E-state index in [9.17, 15) is 0 Å². The molecule has 0 aliphatic rings. The SMILES string of the molecule is Cc1nn(C)c(Sc2cccs2)c1/C(N)=N/O. The first-order valence-electron chi connectivity index (χ1n) is 4.86. The summed E-state index contributed by atoms with van der Waals surface area (Å²) >= 11 is 3.20. The number of nitrogens with zero attached hydrogens (tertiary/aromatic N) is 3. The Kier molecular flexibility index (Phi) is 3.39. The molecule has 90 valence electrons. The van der Waals surface area contributed by atoms with Crippen LogP contribution in [0.3, 0.4) is 0 Å². The topological polar surface area (TPSA) is 76.4 Å². The van der Waals surface area contributed by atoms with Gasteiger partial charge in [0, 0.05) is 7.05 Å². The summed E-state index contributed by atoms with van der Waals surface area (Å²) in [4.78, 5) is 0. The van der Waals surface area contributed by atoms with Crippen LogP contribution in [-0.2, 0) is 7.05 Å². The lowest BCUT2D eigenvalue weighted by atomic mass is 10.2. The van der Waals surface area contributed by atoms with Crippen molar-refractivity contribution in [2.75, 3.05) is 0 Å². The second kappa shape index (κ2) is 4.80. The van der Waals surface area contributed by atoms with Gasteiger partial charge in [-0.3, -0.25) is 4.68 Å². The van der Waals surface area contributed by atoms with E-state index in [0.717, 1.165) is 14.9 Å². The minimum Gasteiger partial charge on any atom is -0.409 e. The highest BCUT2D eigenvalue weighted by atomic mass is 32.2. The van der Waals surface area contributed by atoms with Crippen molar-refractivity contribution in [3.63, 3.8) is 0 Å². The van der Waals surface area contributed by atoms with Crippen molar-refractivity contribution in [2.24, 2.45) is 17.9 Å². The maximum Gasteiger partial charge on any atom is 0.174 e. The second-order valence-corrected chi connectivity index (χ2v) is 5.65. The molecule has 0 unspecified atom stereocenters. The molecule has 0 saturated heterocycles. The summed E-state index contributed by atoms with van der Waals surface area (Å²) in [6, 6.07) is 4.01. The lowest BCUT2D eigenvalue weighted by Gasteiger charge is -2.03. The summed E-state index contributed by atoms with van der Waals surface area (Å²) in [5.74, 6) is 0.0923. The molecule has 5 nitrogen and oxygen atoms in total. The molecule has 0 fully saturated rings. The van der Waals surface area contributed by atoms with E-state index in [1.807, 2.05) is 31.5 Å². The zero-order chi connectivity index (χ0) is 12.4. The lowest BCUT2D eigenvalue weighted by molar-refractivity contribution is 0.318. The van der Waals surface area contributed by atoms with Gasteiger partial charge in [-0.15, -0.1) is 11.3 Å². The van der Waals surface area contributed by atoms with E-state index >= 15 is 0 Å². The predicted molar refractivity (Wildman–Crippen MR) is 68.9 cm³/mol. The molecule has 0 bridgehead atoms. The monoisotopic (exact) mass is 268 g/mol. The first-order chi connectivity index (χ1) is 8.13. The van der Waals surface area contributed by atoms with Gasteiger partial charge in [0.15, 0.2) is 5.84 Å². The van der Waals surface area contributed by atoms with Crippen LogP contribution in [0.4, 0.5) is 0 Å². The molecule has 0 amide bonds. The zero-order valence-corrected chi connectivity index (χ0v) is 11.0. The molecule has 7 heteroatoms. The van der Waals surface area contributed by atoms with E-state index in [2.05, 4.69) is 10.3 Å². The van der Waals surface area contributed by atoms with Crippen LogP contribution in [-0.4, -0.2) is 20.8 Å². The predicted octanol–water partition coefficient (Wildman–Crippen LogP) is 2.04. The molecule has 0 atom stereocenters. The molecule has 0 aromatic carbocycles. The molecule has 2 rings (SSSR count). The van der Waals surface area contributed by atoms with E-state index < -0.39 is 0 Å². The van der Waals surface area contributed by atoms with Gasteiger partial charge in [-0.1, -0.05) is 23.0 Å². The lowest BCUT2D eigenvalue weighted by Crippen LogP contribution is -2.14. The van der Waals surface area contributed by atoms with Crippen LogP contribution >= 0.6 is 23.1 Å². The van der Waals surface area contributed by atoms with Crippen LogP contribution in [0.25, 0.3) is 0 Å². The summed E-state index contributed by atoms with van der Waals surface area (Å²) < 4.78 is 2.88. The Bertz CT molecular complexity index is 545. The molecule has 2 aromatic rings. The van der Waals surface area contributed by atoms with Gasteiger partial charge < -0.3 is 10.9 Å². The molecule has 0 aliphatic carbocycles. The van der Waals surface area contributed by atoms with Crippen molar-refractivity contribution in [3.8, 4) is 0 Å². The Balaban J connectivity index is 2.45. The normalized spacial score (nSPS) is 12.0. The molecular weight excluding hydrogens is 256 g/mol. The van der Waals surface area contributed by atoms with Crippen LogP contribution in [0.15, 0.2) is 31.9 Å². The fourth-order valence-electron chi connectivity index (χ4n) is 1.52. The minimum atomic E-state index is 0.0923. The maximum atomic E-state index is 8.79. The minimum absolute atomic E-state index is 0.0923.